The van der Waals surface area contributed by atoms with Crippen LogP contribution in [0.1, 0.15) is 19.8 Å². The van der Waals surface area contributed by atoms with Crippen LogP contribution in [0.25, 0.3) is 0 Å². The van der Waals surface area contributed by atoms with Gasteiger partial charge in [-0.3, -0.25) is 0 Å². The number of hydrogen-bond acceptors (Lipinski definition) is 4. The van der Waals surface area contributed by atoms with Gasteiger partial charge < -0.3 is 10.2 Å². The lowest BCUT2D eigenvalue weighted by atomic mass is 10.1. The number of likely N-dealkylation sites (tertiary alicyclic amines) is 1. The molecule has 0 spiro atoms. The zero-order chi connectivity index (χ0) is 11.4. The van der Waals surface area contributed by atoms with Crippen LogP contribution in [0.3, 0.4) is 0 Å². The maximum atomic E-state index is 5.68. The van der Waals surface area contributed by atoms with E-state index < -0.39 is 0 Å². The molecule has 5 heteroatoms. The molecule has 1 N–H and O–H groups in total. The summed E-state index contributed by atoms with van der Waals surface area (Å²) < 4.78 is 0. The minimum atomic E-state index is 0.436. The van der Waals surface area contributed by atoms with Crippen LogP contribution in [0.2, 0.25) is 5.15 Å². The standard InChI is InChI=1S/C11H17ClN4/c1-2-16-7-5-9(6-8-16)13-11-4-3-10(12)14-15-11/h3-4,9H,2,5-8H2,1H3,(H,13,15). The topological polar surface area (TPSA) is 41.0 Å². The van der Waals surface area contributed by atoms with Crippen molar-refractivity contribution in [2.45, 2.75) is 25.8 Å². The molecule has 1 aromatic heterocycles. The molecule has 4 nitrogen and oxygen atoms in total. The summed E-state index contributed by atoms with van der Waals surface area (Å²) in [4.78, 5) is 2.46. The Balaban J connectivity index is 1.84. The molecule has 2 heterocycles. The summed E-state index contributed by atoms with van der Waals surface area (Å²) in [6, 6.07) is 4.15. The van der Waals surface area contributed by atoms with Crippen molar-refractivity contribution in [3.05, 3.63) is 17.3 Å². The van der Waals surface area contributed by atoms with Gasteiger partial charge in [0.15, 0.2) is 5.15 Å². The summed E-state index contributed by atoms with van der Waals surface area (Å²) in [7, 11) is 0. The van der Waals surface area contributed by atoms with Crippen LogP contribution >= 0.6 is 11.6 Å². The molecule has 0 aliphatic carbocycles. The quantitative estimate of drug-likeness (QED) is 0.878. The van der Waals surface area contributed by atoms with Crippen molar-refractivity contribution >= 4 is 17.4 Å². The van der Waals surface area contributed by atoms with Gasteiger partial charge in [-0.15, -0.1) is 10.2 Å². The van der Waals surface area contributed by atoms with Crippen molar-refractivity contribution in [3.8, 4) is 0 Å². The first-order valence-electron chi connectivity index (χ1n) is 5.76. The van der Waals surface area contributed by atoms with E-state index in [2.05, 4.69) is 27.3 Å². The second-order valence-electron chi connectivity index (χ2n) is 4.09. The normalized spacial score (nSPS) is 18.6. The van der Waals surface area contributed by atoms with Gasteiger partial charge in [-0.1, -0.05) is 18.5 Å². The molecule has 88 valence electrons. The predicted molar refractivity (Wildman–Crippen MR) is 65.8 cm³/mol. The van der Waals surface area contributed by atoms with Crippen LogP contribution in [-0.4, -0.2) is 40.8 Å². The Morgan fingerprint density at radius 1 is 1.38 bits per heavy atom. The third-order valence-corrected chi connectivity index (χ3v) is 3.22. The second kappa shape index (κ2) is 5.46. The fraction of sp³-hybridized carbons (Fsp3) is 0.636. The molecule has 1 saturated heterocycles. The Morgan fingerprint density at radius 2 is 2.12 bits per heavy atom. The number of piperidine rings is 1. The molecule has 0 saturated carbocycles. The Bertz CT molecular complexity index is 319. The highest BCUT2D eigenvalue weighted by Gasteiger charge is 2.17. The van der Waals surface area contributed by atoms with Crippen LogP contribution in [0.15, 0.2) is 12.1 Å². The van der Waals surface area contributed by atoms with Gasteiger partial charge in [-0.2, -0.15) is 0 Å². The van der Waals surface area contributed by atoms with E-state index in [0.717, 1.165) is 38.3 Å². The number of anilines is 1. The molecule has 16 heavy (non-hydrogen) atoms. The molecular formula is C11H17ClN4. The van der Waals surface area contributed by atoms with Gasteiger partial charge in [-0.25, -0.2) is 0 Å². The first-order valence-corrected chi connectivity index (χ1v) is 6.14. The zero-order valence-electron chi connectivity index (χ0n) is 9.49. The highest BCUT2D eigenvalue weighted by molar-refractivity contribution is 6.29. The number of nitrogens with one attached hydrogen (secondary N) is 1. The molecule has 1 fully saturated rings. The molecule has 1 aliphatic heterocycles. The lowest BCUT2D eigenvalue weighted by Crippen LogP contribution is -2.39. The minimum absolute atomic E-state index is 0.436. The molecule has 0 aromatic carbocycles. The number of nitrogens with zero attached hydrogens (tertiary/aromatic N) is 3. The fourth-order valence-corrected chi connectivity index (χ4v) is 2.10. The van der Waals surface area contributed by atoms with E-state index in [9.17, 15) is 0 Å². The third-order valence-electron chi connectivity index (χ3n) is 3.02. The predicted octanol–water partition coefficient (Wildman–Crippen LogP) is 2.03. The molecule has 2 rings (SSSR count). The maximum absolute atomic E-state index is 5.68. The highest BCUT2D eigenvalue weighted by atomic mass is 35.5. The summed E-state index contributed by atoms with van der Waals surface area (Å²) in [6.45, 7) is 5.68. The van der Waals surface area contributed by atoms with Crippen molar-refractivity contribution < 1.29 is 0 Å². The fourth-order valence-electron chi connectivity index (χ4n) is 2.00. The second-order valence-corrected chi connectivity index (χ2v) is 4.48. The van der Waals surface area contributed by atoms with Crippen molar-refractivity contribution in [1.82, 2.24) is 15.1 Å². The van der Waals surface area contributed by atoms with Gasteiger partial charge in [0.05, 0.1) is 0 Å². The number of hydrogen-bond donors (Lipinski definition) is 1. The van der Waals surface area contributed by atoms with Gasteiger partial charge in [-0.05, 0) is 31.5 Å². The summed E-state index contributed by atoms with van der Waals surface area (Å²) in [5.41, 5.74) is 0. The molecule has 1 aliphatic rings. The van der Waals surface area contributed by atoms with Gasteiger partial charge in [0.2, 0.25) is 0 Å². The third kappa shape index (κ3) is 3.06. The molecular weight excluding hydrogens is 224 g/mol. The Morgan fingerprint density at radius 3 is 2.69 bits per heavy atom. The minimum Gasteiger partial charge on any atom is -0.366 e. The van der Waals surface area contributed by atoms with Crippen LogP contribution < -0.4 is 5.32 Å². The molecule has 1 aromatic rings. The summed E-state index contributed by atoms with van der Waals surface area (Å²) in [6.07, 6.45) is 2.33. The van der Waals surface area contributed by atoms with Crippen LogP contribution in [0.5, 0.6) is 0 Å². The van der Waals surface area contributed by atoms with Gasteiger partial charge >= 0.3 is 0 Å². The van der Waals surface area contributed by atoms with Crippen LogP contribution in [0.4, 0.5) is 5.82 Å². The van der Waals surface area contributed by atoms with Gasteiger partial charge in [0, 0.05) is 19.1 Å². The average molecular weight is 241 g/mol. The van der Waals surface area contributed by atoms with E-state index in [0.29, 0.717) is 11.2 Å². The highest BCUT2D eigenvalue weighted by Crippen LogP contribution is 2.15. The van der Waals surface area contributed by atoms with Crippen LogP contribution in [0, 0.1) is 0 Å². The average Bonchev–Trinajstić information content (AvgIpc) is 2.33. The van der Waals surface area contributed by atoms with E-state index >= 15 is 0 Å². The summed E-state index contributed by atoms with van der Waals surface area (Å²) in [5.74, 6) is 0.819. The largest absolute Gasteiger partial charge is 0.366 e. The van der Waals surface area contributed by atoms with Gasteiger partial charge in [0.25, 0.3) is 0 Å². The van der Waals surface area contributed by atoms with Crippen molar-refractivity contribution in [2.75, 3.05) is 25.0 Å². The molecule has 0 bridgehead atoms. The Kier molecular flexibility index (Phi) is 3.96. The lowest BCUT2D eigenvalue weighted by molar-refractivity contribution is 0.229. The Hall–Kier alpha value is -0.870. The Labute approximate surface area is 101 Å². The van der Waals surface area contributed by atoms with E-state index in [1.165, 1.54) is 0 Å². The van der Waals surface area contributed by atoms with E-state index in [1.54, 1.807) is 6.07 Å². The number of rotatable bonds is 3. The number of aromatic nitrogens is 2. The monoisotopic (exact) mass is 240 g/mol. The molecule has 0 unspecified atom stereocenters. The molecule has 0 amide bonds. The van der Waals surface area contributed by atoms with Crippen molar-refractivity contribution in [3.63, 3.8) is 0 Å². The molecule has 0 atom stereocenters. The summed E-state index contributed by atoms with van der Waals surface area (Å²) in [5, 5.41) is 11.7. The first-order chi connectivity index (χ1) is 7.78. The van der Waals surface area contributed by atoms with Crippen LogP contribution in [-0.2, 0) is 0 Å². The van der Waals surface area contributed by atoms with E-state index in [-0.39, 0.29) is 0 Å². The van der Waals surface area contributed by atoms with E-state index in [4.69, 9.17) is 11.6 Å². The SMILES string of the molecule is CCN1CCC(Nc2ccc(Cl)nn2)CC1. The van der Waals surface area contributed by atoms with Crippen molar-refractivity contribution in [1.29, 1.82) is 0 Å². The van der Waals surface area contributed by atoms with Crippen molar-refractivity contribution in [2.24, 2.45) is 0 Å². The molecule has 0 radical (unpaired) electrons. The van der Waals surface area contributed by atoms with E-state index in [1.807, 2.05) is 6.07 Å². The number of halogens is 1. The smallest absolute Gasteiger partial charge is 0.151 e. The first kappa shape index (κ1) is 11.6. The zero-order valence-corrected chi connectivity index (χ0v) is 10.2. The lowest BCUT2D eigenvalue weighted by Gasteiger charge is -2.31. The summed E-state index contributed by atoms with van der Waals surface area (Å²) >= 11 is 5.68. The maximum Gasteiger partial charge on any atom is 0.151 e. The van der Waals surface area contributed by atoms with Gasteiger partial charge in [0.1, 0.15) is 5.82 Å².